The summed E-state index contributed by atoms with van der Waals surface area (Å²) in [6.07, 6.45) is -6.01. The van der Waals surface area contributed by atoms with Crippen LogP contribution >= 0.6 is 11.6 Å². The third kappa shape index (κ3) is 3.43. The fourth-order valence-electron chi connectivity index (χ4n) is 1.91. The number of nitrogens with zero attached hydrogens (tertiary/aromatic N) is 2. The smallest absolute Gasteiger partial charge is 0.459 e. The fraction of sp³-hybridized carbons (Fsp3) is 0.286. The van der Waals surface area contributed by atoms with Gasteiger partial charge in [0.05, 0.1) is 17.3 Å². The van der Waals surface area contributed by atoms with E-state index in [1.165, 1.54) is 6.92 Å². The van der Waals surface area contributed by atoms with E-state index in [1.54, 1.807) is 0 Å². The molecule has 0 unspecified atom stereocenters. The van der Waals surface area contributed by atoms with Crippen LogP contribution in [0.1, 0.15) is 12.6 Å². The lowest BCUT2D eigenvalue weighted by Gasteiger charge is -2.20. The van der Waals surface area contributed by atoms with Crippen molar-refractivity contribution in [3.8, 4) is 17.4 Å². The number of phenolic OH excluding ortho intramolecular Hbond substituents is 1. The molecule has 0 saturated carbocycles. The summed E-state index contributed by atoms with van der Waals surface area (Å²) in [7, 11) is 0. The first-order chi connectivity index (χ1) is 11.9. The maximum atomic E-state index is 14.1. The first-order valence-corrected chi connectivity index (χ1v) is 7.18. The molecule has 0 aliphatic rings. The summed E-state index contributed by atoms with van der Waals surface area (Å²) in [6, 6.07) is 0.179. The molecular weight excluding hydrogens is 394 g/mol. The van der Waals surface area contributed by atoms with E-state index >= 15 is 0 Å². The Balaban J connectivity index is 2.78. The molecule has 26 heavy (non-hydrogen) atoms. The molecular formula is C14H9ClF6N2O3. The quantitative estimate of drug-likeness (QED) is 0.790. The Morgan fingerprint density at radius 3 is 2.38 bits per heavy atom. The Morgan fingerprint density at radius 1 is 1.23 bits per heavy atom. The van der Waals surface area contributed by atoms with E-state index < -0.39 is 51.6 Å². The van der Waals surface area contributed by atoms with Gasteiger partial charge in [-0.2, -0.15) is 26.9 Å². The number of rotatable bonds is 4. The SMILES string of the molecule is CCOc1nc(C(F)(F)C(F)(F)F)cc(=O)n1-c1cc(O)c(Cl)cc1F. The molecule has 142 valence electrons. The first kappa shape index (κ1) is 19.9. The van der Waals surface area contributed by atoms with Crippen molar-refractivity contribution in [1.82, 2.24) is 9.55 Å². The van der Waals surface area contributed by atoms with E-state index in [2.05, 4.69) is 4.98 Å². The van der Waals surface area contributed by atoms with Gasteiger partial charge in [-0.15, -0.1) is 0 Å². The van der Waals surface area contributed by atoms with Crippen molar-refractivity contribution >= 4 is 11.6 Å². The van der Waals surface area contributed by atoms with Crippen molar-refractivity contribution in [1.29, 1.82) is 0 Å². The van der Waals surface area contributed by atoms with Crippen molar-refractivity contribution in [2.45, 2.75) is 19.0 Å². The van der Waals surface area contributed by atoms with Crippen LogP contribution in [0, 0.1) is 5.82 Å². The predicted octanol–water partition coefficient (Wildman–Crippen LogP) is 3.78. The van der Waals surface area contributed by atoms with Gasteiger partial charge in [-0.3, -0.25) is 4.79 Å². The number of ether oxygens (including phenoxy) is 1. The van der Waals surface area contributed by atoms with E-state index in [0.717, 1.165) is 0 Å². The van der Waals surface area contributed by atoms with Gasteiger partial charge in [0.15, 0.2) is 0 Å². The summed E-state index contributed by atoms with van der Waals surface area (Å²) in [6.45, 7) is 1.05. The Hall–Kier alpha value is -2.43. The second-order valence-corrected chi connectivity index (χ2v) is 5.26. The highest BCUT2D eigenvalue weighted by molar-refractivity contribution is 6.32. The highest BCUT2D eigenvalue weighted by atomic mass is 35.5. The van der Waals surface area contributed by atoms with Gasteiger partial charge in [0.1, 0.15) is 17.3 Å². The molecule has 1 heterocycles. The average Bonchev–Trinajstić information content (AvgIpc) is 2.50. The van der Waals surface area contributed by atoms with E-state index in [-0.39, 0.29) is 12.7 Å². The maximum absolute atomic E-state index is 14.1. The number of aromatic hydroxyl groups is 1. The standard InChI is InChI=1S/C14H9ClF6N2O3/c1-2-26-12-22-10(13(17,18)14(19,20)21)5-11(25)23(12)8-4-9(24)6(15)3-7(8)16/h3-5,24H,2H2,1H3. The van der Waals surface area contributed by atoms with Gasteiger partial charge in [-0.25, -0.2) is 8.96 Å². The highest BCUT2D eigenvalue weighted by Gasteiger charge is 2.60. The molecule has 0 fully saturated rings. The molecule has 0 aliphatic heterocycles. The Labute approximate surface area is 146 Å². The van der Waals surface area contributed by atoms with Crippen molar-refractivity contribution < 1.29 is 36.2 Å². The minimum absolute atomic E-state index is 0.0961. The van der Waals surface area contributed by atoms with Crippen molar-refractivity contribution in [2.24, 2.45) is 0 Å². The molecule has 5 nitrogen and oxygen atoms in total. The third-order valence-corrected chi connectivity index (χ3v) is 3.40. The fourth-order valence-corrected chi connectivity index (χ4v) is 2.06. The number of hydrogen-bond donors (Lipinski definition) is 1. The third-order valence-electron chi connectivity index (χ3n) is 3.10. The summed E-state index contributed by atoms with van der Waals surface area (Å²) in [5, 5.41) is 9.13. The van der Waals surface area contributed by atoms with Gasteiger partial charge in [0.2, 0.25) is 0 Å². The van der Waals surface area contributed by atoms with Crippen LogP contribution in [-0.4, -0.2) is 27.4 Å². The van der Waals surface area contributed by atoms with Gasteiger partial charge >= 0.3 is 18.1 Å². The number of aromatic nitrogens is 2. The molecule has 12 heteroatoms. The lowest BCUT2D eigenvalue weighted by atomic mass is 10.2. The Bertz CT molecular complexity index is 897. The Morgan fingerprint density at radius 2 is 1.85 bits per heavy atom. The topological polar surface area (TPSA) is 64.3 Å². The summed E-state index contributed by atoms with van der Waals surface area (Å²) in [5.41, 5.74) is -4.09. The molecule has 0 spiro atoms. The second-order valence-electron chi connectivity index (χ2n) is 4.86. The average molecular weight is 403 g/mol. The zero-order valence-corrected chi connectivity index (χ0v) is 13.5. The van der Waals surface area contributed by atoms with Gasteiger partial charge in [-0.1, -0.05) is 11.6 Å². The lowest BCUT2D eigenvalue weighted by Crippen LogP contribution is -2.37. The Kier molecular flexibility index (Phi) is 5.13. The van der Waals surface area contributed by atoms with Crippen LogP contribution in [0.25, 0.3) is 5.69 Å². The second kappa shape index (κ2) is 6.71. The number of hydrogen-bond acceptors (Lipinski definition) is 4. The van der Waals surface area contributed by atoms with E-state index in [9.17, 15) is 36.2 Å². The molecule has 1 aromatic carbocycles. The number of benzene rings is 1. The molecule has 0 aliphatic carbocycles. The maximum Gasteiger partial charge on any atom is 0.459 e. The number of alkyl halides is 5. The summed E-state index contributed by atoms with van der Waals surface area (Å²) in [5.74, 6) is -7.27. The van der Waals surface area contributed by atoms with E-state index in [0.29, 0.717) is 16.7 Å². The van der Waals surface area contributed by atoms with Gasteiger partial charge in [-0.05, 0) is 13.0 Å². The molecule has 0 saturated heterocycles. The van der Waals surface area contributed by atoms with Crippen LogP contribution in [0.2, 0.25) is 5.02 Å². The highest BCUT2D eigenvalue weighted by Crippen LogP contribution is 2.43. The van der Waals surface area contributed by atoms with Crippen molar-refractivity contribution in [3.05, 3.63) is 45.1 Å². The summed E-state index contributed by atoms with van der Waals surface area (Å²) >= 11 is 5.50. The normalized spacial score (nSPS) is 12.3. The molecule has 1 aromatic heterocycles. The van der Waals surface area contributed by atoms with Crippen LogP contribution in [0.3, 0.4) is 0 Å². The summed E-state index contributed by atoms with van der Waals surface area (Å²) < 4.78 is 83.6. The van der Waals surface area contributed by atoms with Crippen LogP contribution < -0.4 is 10.3 Å². The first-order valence-electron chi connectivity index (χ1n) is 6.80. The van der Waals surface area contributed by atoms with Gasteiger partial charge < -0.3 is 9.84 Å². The number of phenols is 1. The number of halogens is 7. The molecule has 1 N–H and O–H groups in total. The zero-order chi connectivity index (χ0) is 19.9. The van der Waals surface area contributed by atoms with Crippen molar-refractivity contribution in [2.75, 3.05) is 6.61 Å². The van der Waals surface area contributed by atoms with Gasteiger partial charge in [0.25, 0.3) is 5.56 Å². The van der Waals surface area contributed by atoms with Crippen LogP contribution in [0.15, 0.2) is 23.0 Å². The molecule has 2 rings (SSSR count). The van der Waals surface area contributed by atoms with Crippen LogP contribution in [0.5, 0.6) is 11.8 Å². The van der Waals surface area contributed by atoms with Gasteiger partial charge in [0, 0.05) is 12.1 Å². The minimum Gasteiger partial charge on any atom is -0.506 e. The molecule has 2 aromatic rings. The largest absolute Gasteiger partial charge is 0.506 e. The summed E-state index contributed by atoms with van der Waals surface area (Å²) in [4.78, 5) is 15.1. The van der Waals surface area contributed by atoms with E-state index in [1.807, 2.05) is 0 Å². The molecule has 0 bridgehead atoms. The monoisotopic (exact) mass is 402 g/mol. The molecule has 0 atom stereocenters. The minimum atomic E-state index is -6.01. The van der Waals surface area contributed by atoms with Crippen molar-refractivity contribution in [3.63, 3.8) is 0 Å². The zero-order valence-electron chi connectivity index (χ0n) is 12.7. The van der Waals surface area contributed by atoms with E-state index in [4.69, 9.17) is 16.3 Å². The lowest BCUT2D eigenvalue weighted by molar-refractivity contribution is -0.291. The van der Waals surface area contributed by atoms with Crippen LogP contribution in [-0.2, 0) is 5.92 Å². The van der Waals surface area contributed by atoms with Crippen LogP contribution in [0.4, 0.5) is 26.3 Å². The predicted molar refractivity (Wildman–Crippen MR) is 77.6 cm³/mol. The molecule has 0 radical (unpaired) electrons. The molecule has 0 amide bonds.